The summed E-state index contributed by atoms with van der Waals surface area (Å²) in [6.45, 7) is 1.60. The van der Waals surface area contributed by atoms with Crippen molar-refractivity contribution < 1.29 is 14.6 Å². The molecular formula is C16H19BrN4O4. The highest BCUT2D eigenvalue weighted by atomic mass is 79.9. The van der Waals surface area contributed by atoms with Crippen molar-refractivity contribution in [2.45, 2.75) is 13.3 Å². The maximum absolute atomic E-state index is 12.0. The van der Waals surface area contributed by atoms with Gasteiger partial charge in [0.2, 0.25) is 5.95 Å². The van der Waals surface area contributed by atoms with E-state index in [-0.39, 0.29) is 24.5 Å². The Morgan fingerprint density at radius 1 is 1.40 bits per heavy atom. The van der Waals surface area contributed by atoms with E-state index in [1.807, 2.05) is 6.07 Å². The lowest BCUT2D eigenvalue weighted by molar-refractivity contribution is 0.298. The molecular weight excluding hydrogens is 392 g/mol. The fraction of sp³-hybridized carbons (Fsp3) is 0.312. The first-order chi connectivity index (χ1) is 12.0. The van der Waals surface area contributed by atoms with Crippen LogP contribution in [0, 0.1) is 6.92 Å². The minimum atomic E-state index is -0.305. The Kier molecular flexibility index (Phi) is 6.54. The fourth-order valence-corrected chi connectivity index (χ4v) is 2.74. The molecule has 0 saturated heterocycles. The SMILES string of the molecule is COc1cc(Br)cc(/C=N\Nc2nc(C)c(CCO)c(=O)[nH]2)c1OC. The zero-order chi connectivity index (χ0) is 18.4. The van der Waals surface area contributed by atoms with E-state index in [1.165, 1.54) is 6.21 Å². The molecule has 0 radical (unpaired) electrons. The molecule has 8 nitrogen and oxygen atoms in total. The van der Waals surface area contributed by atoms with Crippen molar-refractivity contribution in [1.82, 2.24) is 9.97 Å². The maximum Gasteiger partial charge on any atom is 0.255 e. The van der Waals surface area contributed by atoms with Gasteiger partial charge in [-0.05, 0) is 19.1 Å². The van der Waals surface area contributed by atoms with Gasteiger partial charge in [0.15, 0.2) is 11.5 Å². The van der Waals surface area contributed by atoms with Crippen molar-refractivity contribution in [1.29, 1.82) is 0 Å². The summed E-state index contributed by atoms with van der Waals surface area (Å²) in [6.07, 6.45) is 1.79. The van der Waals surface area contributed by atoms with E-state index in [2.05, 4.69) is 36.4 Å². The lowest BCUT2D eigenvalue weighted by Gasteiger charge is -2.11. The molecule has 0 aliphatic rings. The normalized spacial score (nSPS) is 10.9. The van der Waals surface area contributed by atoms with Gasteiger partial charge in [0.25, 0.3) is 5.56 Å². The zero-order valence-corrected chi connectivity index (χ0v) is 15.7. The first-order valence-electron chi connectivity index (χ1n) is 7.41. The molecule has 9 heteroatoms. The van der Waals surface area contributed by atoms with Crippen LogP contribution >= 0.6 is 15.9 Å². The van der Waals surface area contributed by atoms with E-state index >= 15 is 0 Å². The summed E-state index contributed by atoms with van der Waals surface area (Å²) in [7, 11) is 3.09. The van der Waals surface area contributed by atoms with Crippen molar-refractivity contribution >= 4 is 28.1 Å². The van der Waals surface area contributed by atoms with Crippen LogP contribution in [0.15, 0.2) is 26.5 Å². The van der Waals surface area contributed by atoms with Gasteiger partial charge < -0.3 is 14.6 Å². The van der Waals surface area contributed by atoms with Crippen molar-refractivity contribution in [3.05, 3.63) is 43.8 Å². The fourth-order valence-electron chi connectivity index (χ4n) is 2.29. The number of aromatic nitrogens is 2. The largest absolute Gasteiger partial charge is 0.493 e. The second kappa shape index (κ2) is 8.63. The van der Waals surface area contributed by atoms with Gasteiger partial charge in [-0.25, -0.2) is 10.4 Å². The van der Waals surface area contributed by atoms with Crippen LogP contribution < -0.4 is 20.5 Å². The number of hydrogen-bond acceptors (Lipinski definition) is 7. The number of nitrogens with zero attached hydrogens (tertiary/aromatic N) is 2. The number of rotatable bonds is 7. The van der Waals surface area contributed by atoms with Gasteiger partial charge in [0.05, 0.1) is 26.1 Å². The van der Waals surface area contributed by atoms with Gasteiger partial charge in [-0.3, -0.25) is 9.78 Å². The number of halogens is 1. The summed E-state index contributed by atoms with van der Waals surface area (Å²) in [4.78, 5) is 18.8. The van der Waals surface area contributed by atoms with Gasteiger partial charge in [0.1, 0.15) is 0 Å². The Hall–Kier alpha value is -2.39. The smallest absolute Gasteiger partial charge is 0.255 e. The summed E-state index contributed by atoms with van der Waals surface area (Å²) in [5.41, 5.74) is 4.05. The molecule has 134 valence electrons. The Morgan fingerprint density at radius 3 is 2.76 bits per heavy atom. The quantitative estimate of drug-likeness (QED) is 0.474. The molecule has 0 spiro atoms. The number of benzene rings is 1. The van der Waals surface area contributed by atoms with Crippen molar-refractivity contribution in [3.8, 4) is 11.5 Å². The number of anilines is 1. The summed E-state index contributed by atoms with van der Waals surface area (Å²) in [5, 5.41) is 13.1. The molecule has 0 amide bonds. The average molecular weight is 411 g/mol. The van der Waals surface area contributed by atoms with Crippen LogP contribution in [0.1, 0.15) is 16.8 Å². The number of aromatic amines is 1. The highest BCUT2D eigenvalue weighted by Gasteiger charge is 2.10. The minimum absolute atomic E-state index is 0.110. The molecule has 0 bridgehead atoms. The Bertz CT molecular complexity index is 836. The predicted molar refractivity (Wildman–Crippen MR) is 98.8 cm³/mol. The molecule has 3 N–H and O–H groups in total. The summed E-state index contributed by atoms with van der Waals surface area (Å²) in [6, 6.07) is 3.60. The number of H-pyrrole nitrogens is 1. The third-order valence-corrected chi connectivity index (χ3v) is 3.89. The van der Waals surface area contributed by atoms with Crippen LogP contribution in [0.3, 0.4) is 0 Å². The van der Waals surface area contributed by atoms with Crippen molar-refractivity contribution in [3.63, 3.8) is 0 Å². The molecule has 2 aromatic rings. The Balaban J connectivity index is 2.25. The highest BCUT2D eigenvalue weighted by Crippen LogP contribution is 2.33. The van der Waals surface area contributed by atoms with Gasteiger partial charge in [-0.1, -0.05) is 15.9 Å². The molecule has 2 rings (SSSR count). The van der Waals surface area contributed by atoms with Crippen LogP contribution in [0.2, 0.25) is 0 Å². The second-order valence-corrected chi connectivity index (χ2v) is 5.97. The first kappa shape index (κ1) is 18.9. The third kappa shape index (κ3) is 4.58. The van der Waals surface area contributed by atoms with E-state index in [0.717, 1.165) is 4.47 Å². The standard InChI is InChI=1S/C16H19BrN4O4/c1-9-12(4-5-22)15(23)20-16(19-9)21-18-8-10-6-11(17)7-13(24-2)14(10)25-3/h6-8,22H,4-5H2,1-3H3,(H2,19,20,21,23)/b18-8-. The lowest BCUT2D eigenvalue weighted by atomic mass is 10.2. The van der Waals surface area contributed by atoms with Gasteiger partial charge in [0, 0.05) is 28.6 Å². The monoisotopic (exact) mass is 410 g/mol. The van der Waals surface area contributed by atoms with Gasteiger partial charge in [-0.15, -0.1) is 0 Å². The Labute approximate surface area is 153 Å². The average Bonchev–Trinajstić information content (AvgIpc) is 2.57. The van der Waals surface area contributed by atoms with Gasteiger partial charge in [-0.2, -0.15) is 5.10 Å². The number of aryl methyl sites for hydroxylation is 1. The first-order valence-corrected chi connectivity index (χ1v) is 8.20. The zero-order valence-electron chi connectivity index (χ0n) is 14.1. The van der Waals surface area contributed by atoms with E-state index < -0.39 is 0 Å². The van der Waals surface area contributed by atoms with E-state index in [0.29, 0.717) is 28.3 Å². The second-order valence-electron chi connectivity index (χ2n) is 5.05. The van der Waals surface area contributed by atoms with E-state index in [9.17, 15) is 4.79 Å². The van der Waals surface area contributed by atoms with Crippen molar-refractivity contribution in [2.24, 2.45) is 5.10 Å². The molecule has 25 heavy (non-hydrogen) atoms. The number of ether oxygens (including phenoxy) is 2. The van der Waals surface area contributed by atoms with Crippen LogP contribution in [0.5, 0.6) is 11.5 Å². The number of methoxy groups -OCH3 is 2. The summed E-state index contributed by atoms with van der Waals surface area (Å²) in [5.74, 6) is 1.31. The topological polar surface area (TPSA) is 109 Å². The van der Waals surface area contributed by atoms with Crippen LogP contribution in [0.4, 0.5) is 5.95 Å². The lowest BCUT2D eigenvalue weighted by Crippen LogP contribution is -2.19. The summed E-state index contributed by atoms with van der Waals surface area (Å²) < 4.78 is 11.4. The summed E-state index contributed by atoms with van der Waals surface area (Å²) >= 11 is 3.40. The molecule has 0 unspecified atom stereocenters. The number of hydrogen-bond donors (Lipinski definition) is 3. The van der Waals surface area contributed by atoms with Gasteiger partial charge >= 0.3 is 0 Å². The number of aliphatic hydroxyl groups excluding tert-OH is 1. The molecule has 1 heterocycles. The number of aliphatic hydroxyl groups is 1. The molecule has 0 aliphatic heterocycles. The Morgan fingerprint density at radius 2 is 2.16 bits per heavy atom. The molecule has 0 aliphatic carbocycles. The molecule has 1 aromatic carbocycles. The van der Waals surface area contributed by atoms with Crippen LogP contribution in [-0.2, 0) is 6.42 Å². The molecule has 0 saturated carbocycles. The van der Waals surface area contributed by atoms with Crippen LogP contribution in [-0.4, -0.2) is 42.1 Å². The minimum Gasteiger partial charge on any atom is -0.493 e. The highest BCUT2D eigenvalue weighted by molar-refractivity contribution is 9.10. The maximum atomic E-state index is 12.0. The molecule has 0 fully saturated rings. The third-order valence-electron chi connectivity index (χ3n) is 3.43. The van der Waals surface area contributed by atoms with Crippen molar-refractivity contribution in [2.75, 3.05) is 26.3 Å². The predicted octanol–water partition coefficient (Wildman–Crippen LogP) is 1.84. The number of nitrogens with one attached hydrogen (secondary N) is 2. The van der Waals surface area contributed by atoms with E-state index in [1.54, 1.807) is 27.2 Å². The van der Waals surface area contributed by atoms with E-state index in [4.69, 9.17) is 14.6 Å². The molecule has 1 aromatic heterocycles. The number of hydrazone groups is 1. The van der Waals surface area contributed by atoms with Crippen LogP contribution in [0.25, 0.3) is 0 Å². The molecule has 0 atom stereocenters.